The van der Waals surface area contributed by atoms with Gasteiger partial charge in [-0.1, -0.05) is 0 Å². The quantitative estimate of drug-likeness (QED) is 0.697. The molecule has 0 saturated carbocycles. The van der Waals surface area contributed by atoms with Crippen LogP contribution in [0.15, 0.2) is 16.8 Å². The van der Waals surface area contributed by atoms with Gasteiger partial charge in [0.2, 0.25) is 0 Å². The van der Waals surface area contributed by atoms with Crippen molar-refractivity contribution in [2.75, 3.05) is 13.1 Å². The van der Waals surface area contributed by atoms with Gasteiger partial charge in [-0.05, 0) is 41.8 Å². The second-order valence-electron chi connectivity index (χ2n) is 3.39. The normalized spacial score (nSPS) is 12.3. The van der Waals surface area contributed by atoms with Crippen molar-refractivity contribution in [3.8, 4) is 6.07 Å². The van der Waals surface area contributed by atoms with Gasteiger partial charge in [0.25, 0.3) is 0 Å². The van der Waals surface area contributed by atoms with E-state index in [1.807, 2.05) is 16.8 Å². The van der Waals surface area contributed by atoms with E-state index in [-0.39, 0.29) is 0 Å². The minimum atomic E-state index is -0.410. The summed E-state index contributed by atoms with van der Waals surface area (Å²) in [5.74, 6) is 0. The standard InChI is InChI=1S/C11H16N2OS/c12-5-2-1-3-6-13-8-11(14)10-4-7-15-9-10/h4,7,9,11,13-14H,1-3,6,8H2. The fraction of sp³-hybridized carbons (Fsp3) is 0.545. The first kappa shape index (κ1) is 12.2. The van der Waals surface area contributed by atoms with E-state index in [4.69, 9.17) is 5.26 Å². The van der Waals surface area contributed by atoms with Crippen molar-refractivity contribution in [1.29, 1.82) is 5.26 Å². The number of aliphatic hydroxyl groups is 1. The smallest absolute Gasteiger partial charge is 0.0922 e. The zero-order valence-corrected chi connectivity index (χ0v) is 9.46. The van der Waals surface area contributed by atoms with Gasteiger partial charge in [-0.3, -0.25) is 0 Å². The predicted octanol–water partition coefficient (Wildman–Crippen LogP) is 2.06. The molecule has 1 heterocycles. The van der Waals surface area contributed by atoms with Gasteiger partial charge < -0.3 is 10.4 Å². The van der Waals surface area contributed by atoms with E-state index in [0.717, 1.165) is 24.9 Å². The molecule has 0 radical (unpaired) electrons. The van der Waals surface area contributed by atoms with Gasteiger partial charge >= 0.3 is 0 Å². The van der Waals surface area contributed by atoms with E-state index in [1.54, 1.807) is 11.3 Å². The summed E-state index contributed by atoms with van der Waals surface area (Å²) in [6.07, 6.45) is 2.13. The minimum Gasteiger partial charge on any atom is -0.387 e. The van der Waals surface area contributed by atoms with Gasteiger partial charge in [-0.2, -0.15) is 16.6 Å². The van der Waals surface area contributed by atoms with Crippen molar-refractivity contribution in [1.82, 2.24) is 5.32 Å². The topological polar surface area (TPSA) is 56.0 Å². The Morgan fingerprint density at radius 2 is 2.40 bits per heavy atom. The fourth-order valence-corrected chi connectivity index (χ4v) is 1.98. The summed E-state index contributed by atoms with van der Waals surface area (Å²) in [6.45, 7) is 1.45. The largest absolute Gasteiger partial charge is 0.387 e. The first-order valence-electron chi connectivity index (χ1n) is 5.12. The van der Waals surface area contributed by atoms with Gasteiger partial charge in [0, 0.05) is 13.0 Å². The van der Waals surface area contributed by atoms with Crippen LogP contribution in [0.4, 0.5) is 0 Å². The maximum Gasteiger partial charge on any atom is 0.0922 e. The summed E-state index contributed by atoms with van der Waals surface area (Å²) in [5.41, 5.74) is 0.976. The SMILES string of the molecule is N#CCCCCNCC(O)c1ccsc1. The highest BCUT2D eigenvalue weighted by Crippen LogP contribution is 2.14. The number of nitriles is 1. The number of aliphatic hydroxyl groups excluding tert-OH is 1. The van der Waals surface area contributed by atoms with Crippen LogP contribution in [0.5, 0.6) is 0 Å². The molecular formula is C11H16N2OS. The van der Waals surface area contributed by atoms with E-state index in [1.165, 1.54) is 0 Å². The summed E-state index contributed by atoms with van der Waals surface area (Å²) in [6, 6.07) is 4.05. The molecule has 0 bridgehead atoms. The molecule has 4 heteroatoms. The third kappa shape index (κ3) is 4.93. The van der Waals surface area contributed by atoms with Crippen molar-refractivity contribution < 1.29 is 5.11 Å². The lowest BCUT2D eigenvalue weighted by molar-refractivity contribution is 0.175. The zero-order chi connectivity index (χ0) is 10.9. The van der Waals surface area contributed by atoms with Crippen molar-refractivity contribution >= 4 is 11.3 Å². The summed E-state index contributed by atoms with van der Waals surface area (Å²) in [4.78, 5) is 0. The minimum absolute atomic E-state index is 0.410. The average Bonchev–Trinajstić information content (AvgIpc) is 2.76. The first-order chi connectivity index (χ1) is 7.34. The Bertz CT molecular complexity index is 292. The summed E-state index contributed by atoms with van der Waals surface area (Å²) in [5, 5.41) is 25.1. The molecule has 2 N–H and O–H groups in total. The molecule has 0 saturated heterocycles. The zero-order valence-electron chi connectivity index (χ0n) is 8.65. The fourth-order valence-electron chi connectivity index (χ4n) is 1.28. The Balaban J connectivity index is 2.03. The van der Waals surface area contributed by atoms with Gasteiger partial charge in [-0.25, -0.2) is 0 Å². The van der Waals surface area contributed by atoms with Crippen LogP contribution in [0, 0.1) is 11.3 Å². The number of thiophene rings is 1. The van der Waals surface area contributed by atoms with Crippen molar-refractivity contribution in [3.63, 3.8) is 0 Å². The Morgan fingerprint density at radius 3 is 3.07 bits per heavy atom. The van der Waals surface area contributed by atoms with Crippen LogP contribution in [0.25, 0.3) is 0 Å². The highest BCUT2D eigenvalue weighted by atomic mass is 32.1. The molecule has 3 nitrogen and oxygen atoms in total. The number of nitrogens with zero attached hydrogens (tertiary/aromatic N) is 1. The number of hydrogen-bond acceptors (Lipinski definition) is 4. The Morgan fingerprint density at radius 1 is 1.53 bits per heavy atom. The molecule has 1 rings (SSSR count). The molecule has 0 amide bonds. The molecule has 82 valence electrons. The molecule has 0 spiro atoms. The van der Waals surface area contributed by atoms with Crippen molar-refractivity contribution in [2.45, 2.75) is 25.4 Å². The van der Waals surface area contributed by atoms with E-state index in [2.05, 4.69) is 11.4 Å². The van der Waals surface area contributed by atoms with E-state index >= 15 is 0 Å². The summed E-state index contributed by atoms with van der Waals surface area (Å²) < 4.78 is 0. The maximum atomic E-state index is 9.70. The third-order valence-corrected chi connectivity index (χ3v) is 2.86. The van der Waals surface area contributed by atoms with Gasteiger partial charge in [-0.15, -0.1) is 0 Å². The lowest BCUT2D eigenvalue weighted by atomic mass is 10.2. The van der Waals surface area contributed by atoms with Crippen LogP contribution in [-0.2, 0) is 0 Å². The van der Waals surface area contributed by atoms with Gasteiger partial charge in [0.1, 0.15) is 0 Å². The molecule has 0 aliphatic carbocycles. The van der Waals surface area contributed by atoms with Crippen LogP contribution in [0.2, 0.25) is 0 Å². The van der Waals surface area contributed by atoms with Gasteiger partial charge in [0.05, 0.1) is 12.2 Å². The molecule has 1 aromatic heterocycles. The number of nitrogens with one attached hydrogen (secondary N) is 1. The molecule has 0 aromatic carbocycles. The van der Waals surface area contributed by atoms with Gasteiger partial charge in [0.15, 0.2) is 0 Å². The predicted molar refractivity (Wildman–Crippen MR) is 61.6 cm³/mol. The lowest BCUT2D eigenvalue weighted by Crippen LogP contribution is -2.22. The van der Waals surface area contributed by atoms with E-state index in [0.29, 0.717) is 13.0 Å². The molecule has 1 aromatic rings. The third-order valence-electron chi connectivity index (χ3n) is 2.16. The van der Waals surface area contributed by atoms with Crippen molar-refractivity contribution in [2.24, 2.45) is 0 Å². The lowest BCUT2D eigenvalue weighted by Gasteiger charge is -2.09. The van der Waals surface area contributed by atoms with Crippen LogP contribution < -0.4 is 5.32 Å². The molecule has 1 unspecified atom stereocenters. The second kappa shape index (κ2) is 7.41. The molecule has 0 aliphatic rings. The number of rotatable bonds is 7. The van der Waals surface area contributed by atoms with Crippen LogP contribution >= 0.6 is 11.3 Å². The first-order valence-corrected chi connectivity index (χ1v) is 6.06. The van der Waals surface area contributed by atoms with Crippen LogP contribution in [0.1, 0.15) is 30.9 Å². The van der Waals surface area contributed by atoms with Crippen LogP contribution in [0.3, 0.4) is 0 Å². The monoisotopic (exact) mass is 224 g/mol. The Hall–Kier alpha value is -0.890. The second-order valence-corrected chi connectivity index (χ2v) is 4.17. The van der Waals surface area contributed by atoms with Crippen LogP contribution in [-0.4, -0.2) is 18.2 Å². The molecule has 0 fully saturated rings. The average molecular weight is 224 g/mol. The maximum absolute atomic E-state index is 9.70. The van der Waals surface area contributed by atoms with E-state index in [9.17, 15) is 5.11 Å². The summed E-state index contributed by atoms with van der Waals surface area (Å²) in [7, 11) is 0. The highest BCUT2D eigenvalue weighted by Gasteiger charge is 2.06. The summed E-state index contributed by atoms with van der Waals surface area (Å²) >= 11 is 1.59. The Labute approximate surface area is 94.4 Å². The molecule has 1 atom stereocenters. The molecule has 0 aliphatic heterocycles. The number of unbranched alkanes of at least 4 members (excludes halogenated alkanes) is 2. The molecular weight excluding hydrogens is 208 g/mol. The highest BCUT2D eigenvalue weighted by molar-refractivity contribution is 7.07. The van der Waals surface area contributed by atoms with Crippen molar-refractivity contribution in [3.05, 3.63) is 22.4 Å². The number of hydrogen-bond donors (Lipinski definition) is 2. The Kier molecular flexibility index (Phi) is 6.02. The van der Waals surface area contributed by atoms with E-state index < -0.39 is 6.10 Å². The molecule has 15 heavy (non-hydrogen) atoms.